The maximum absolute atomic E-state index is 13.6. The highest BCUT2D eigenvalue weighted by Crippen LogP contribution is 2.34. The van der Waals surface area contributed by atoms with E-state index in [0.29, 0.717) is 11.5 Å². The summed E-state index contributed by atoms with van der Waals surface area (Å²) < 4.78 is 0. The van der Waals surface area contributed by atoms with Crippen LogP contribution in [0.2, 0.25) is 0 Å². The number of nitrogens with one attached hydrogen (secondary N) is 1. The van der Waals surface area contributed by atoms with Gasteiger partial charge in [-0.3, -0.25) is 24.7 Å². The van der Waals surface area contributed by atoms with Crippen molar-refractivity contribution in [2.24, 2.45) is 5.92 Å². The molecule has 32 heavy (non-hydrogen) atoms. The van der Waals surface area contributed by atoms with Gasteiger partial charge in [0.25, 0.3) is 5.91 Å². The van der Waals surface area contributed by atoms with E-state index in [1.807, 2.05) is 24.3 Å². The van der Waals surface area contributed by atoms with Crippen molar-refractivity contribution in [1.82, 2.24) is 20.0 Å². The first-order valence-electron chi connectivity index (χ1n) is 11.0. The van der Waals surface area contributed by atoms with Gasteiger partial charge in [0.05, 0.1) is 6.54 Å². The molecule has 5 rings (SSSR count). The summed E-state index contributed by atoms with van der Waals surface area (Å²) in [6.07, 6.45) is -0.646. The quantitative estimate of drug-likeness (QED) is 0.742. The molecule has 0 aromatic heterocycles. The molecule has 0 radical (unpaired) electrons. The number of urea groups is 1. The van der Waals surface area contributed by atoms with Gasteiger partial charge in [-0.1, -0.05) is 55.5 Å². The van der Waals surface area contributed by atoms with Gasteiger partial charge in [-0.15, -0.1) is 0 Å². The van der Waals surface area contributed by atoms with Crippen LogP contribution in [0.15, 0.2) is 60.7 Å². The second-order valence-corrected chi connectivity index (χ2v) is 8.83. The molecule has 0 saturated carbocycles. The molecule has 166 valence electrons. The zero-order valence-corrected chi connectivity index (χ0v) is 18.2. The highest BCUT2D eigenvalue weighted by atomic mass is 16.2. The van der Waals surface area contributed by atoms with Crippen LogP contribution in [0.1, 0.15) is 17.3 Å². The highest BCUT2D eigenvalue weighted by molar-refractivity contribution is 6.07. The van der Waals surface area contributed by atoms with Crippen molar-refractivity contribution < 1.29 is 14.4 Å². The fraction of sp³-hybridized carbons (Fsp3) is 0.375. The lowest BCUT2D eigenvalue weighted by Gasteiger charge is -2.45. The van der Waals surface area contributed by atoms with Gasteiger partial charge < -0.3 is 9.80 Å². The molecular formula is C24H27N5O3. The number of rotatable bonds is 4. The van der Waals surface area contributed by atoms with Crippen LogP contribution in [0, 0.1) is 5.92 Å². The maximum atomic E-state index is 13.6. The van der Waals surface area contributed by atoms with Crippen molar-refractivity contribution >= 4 is 23.4 Å². The number of hydrogen-bond acceptors (Lipinski definition) is 6. The number of carbonyl (C=O) groups excluding carboxylic acids is 3. The third-order valence-electron chi connectivity index (χ3n) is 6.57. The second-order valence-electron chi connectivity index (χ2n) is 8.83. The summed E-state index contributed by atoms with van der Waals surface area (Å²) in [5, 5.41) is 3.50. The third kappa shape index (κ3) is 3.36. The Morgan fingerprint density at radius 2 is 1.66 bits per heavy atom. The Kier molecular flexibility index (Phi) is 5.19. The van der Waals surface area contributed by atoms with E-state index < -0.39 is 18.2 Å². The van der Waals surface area contributed by atoms with Gasteiger partial charge in [-0.2, -0.15) is 0 Å². The highest BCUT2D eigenvalue weighted by Gasteiger charge is 2.57. The summed E-state index contributed by atoms with van der Waals surface area (Å²) in [5.74, 6) is -0.235. The van der Waals surface area contributed by atoms with Crippen molar-refractivity contribution in [3.63, 3.8) is 0 Å². The first kappa shape index (κ1) is 20.7. The van der Waals surface area contributed by atoms with Gasteiger partial charge in [0.15, 0.2) is 5.78 Å². The van der Waals surface area contributed by atoms with E-state index in [1.165, 1.54) is 0 Å². The molecule has 2 aromatic carbocycles. The zero-order valence-electron chi connectivity index (χ0n) is 18.2. The van der Waals surface area contributed by atoms with E-state index in [0.717, 1.165) is 23.7 Å². The van der Waals surface area contributed by atoms with Crippen molar-refractivity contribution in [3.05, 3.63) is 66.2 Å². The number of fused-ring (bicyclic) bond motifs is 3. The lowest BCUT2D eigenvalue weighted by Crippen LogP contribution is -2.67. The Morgan fingerprint density at radius 3 is 2.34 bits per heavy atom. The number of anilines is 1. The molecule has 0 bridgehead atoms. The SMILES string of the molecule is CC1CN(c2ccccc2)C2NC3C(C(=O)N(CC(=O)c4ccccc4)C(=O)N3C)N2C1. The van der Waals surface area contributed by atoms with Gasteiger partial charge in [0.1, 0.15) is 18.5 Å². The Balaban J connectivity index is 1.43. The molecule has 2 aromatic rings. The van der Waals surface area contributed by atoms with Gasteiger partial charge in [0, 0.05) is 31.4 Å². The largest absolute Gasteiger partial charge is 0.343 e. The number of likely N-dealkylation sites (N-methyl/N-ethyl adjacent to an activating group) is 1. The molecule has 8 nitrogen and oxygen atoms in total. The number of benzene rings is 2. The molecule has 3 amide bonds. The maximum Gasteiger partial charge on any atom is 0.328 e. The molecule has 0 spiro atoms. The number of para-hydroxylation sites is 1. The number of hydrogen-bond donors (Lipinski definition) is 1. The van der Waals surface area contributed by atoms with Crippen molar-refractivity contribution in [2.75, 3.05) is 31.6 Å². The minimum absolute atomic E-state index is 0.201. The average molecular weight is 434 g/mol. The number of Topliss-reactive ketones (excluding diaryl/α,β-unsaturated/α-hetero) is 1. The van der Waals surface area contributed by atoms with E-state index >= 15 is 0 Å². The van der Waals surface area contributed by atoms with E-state index in [-0.39, 0.29) is 24.5 Å². The van der Waals surface area contributed by atoms with Gasteiger partial charge in [-0.05, 0) is 18.1 Å². The number of amides is 3. The van der Waals surface area contributed by atoms with Crippen LogP contribution in [0.3, 0.4) is 0 Å². The number of carbonyl (C=O) groups is 3. The summed E-state index contributed by atoms with van der Waals surface area (Å²) in [4.78, 5) is 46.4. The van der Waals surface area contributed by atoms with Crippen LogP contribution < -0.4 is 10.2 Å². The molecule has 3 aliphatic rings. The second kappa shape index (κ2) is 8.03. The smallest absolute Gasteiger partial charge is 0.328 e. The molecule has 4 atom stereocenters. The predicted molar refractivity (Wildman–Crippen MR) is 120 cm³/mol. The minimum Gasteiger partial charge on any atom is -0.343 e. The van der Waals surface area contributed by atoms with Crippen LogP contribution in [0.5, 0.6) is 0 Å². The lowest BCUT2D eigenvalue weighted by atomic mass is 10.0. The van der Waals surface area contributed by atoms with Crippen molar-refractivity contribution in [2.45, 2.75) is 25.4 Å². The first-order valence-corrected chi connectivity index (χ1v) is 11.0. The summed E-state index contributed by atoms with van der Waals surface area (Å²) in [6, 6.07) is 17.9. The van der Waals surface area contributed by atoms with Crippen molar-refractivity contribution in [3.8, 4) is 0 Å². The Hall–Kier alpha value is -3.23. The molecule has 8 heteroatoms. The van der Waals surface area contributed by atoms with Crippen LogP contribution in [-0.4, -0.2) is 77.6 Å². The fourth-order valence-corrected chi connectivity index (χ4v) is 5.04. The molecule has 4 unspecified atom stereocenters. The number of ketones is 1. The molecular weight excluding hydrogens is 406 g/mol. The van der Waals surface area contributed by atoms with E-state index in [2.05, 4.69) is 34.2 Å². The van der Waals surface area contributed by atoms with Crippen molar-refractivity contribution in [1.29, 1.82) is 0 Å². The van der Waals surface area contributed by atoms with E-state index in [9.17, 15) is 14.4 Å². The third-order valence-corrected chi connectivity index (χ3v) is 6.57. The summed E-state index contributed by atoms with van der Waals surface area (Å²) in [7, 11) is 1.69. The minimum atomic E-state index is -0.541. The Bertz CT molecular complexity index is 1030. The summed E-state index contributed by atoms with van der Waals surface area (Å²) in [5.41, 5.74) is 1.56. The number of nitrogens with zero attached hydrogens (tertiary/aromatic N) is 4. The Morgan fingerprint density at radius 1 is 1.00 bits per heavy atom. The topological polar surface area (TPSA) is 76.2 Å². The van der Waals surface area contributed by atoms with Gasteiger partial charge in [-0.25, -0.2) is 4.79 Å². The average Bonchev–Trinajstić information content (AvgIpc) is 3.20. The van der Waals surface area contributed by atoms with E-state index in [1.54, 1.807) is 36.2 Å². The molecule has 3 fully saturated rings. The fourth-order valence-electron chi connectivity index (χ4n) is 5.04. The zero-order chi connectivity index (χ0) is 22.4. The molecule has 0 aliphatic carbocycles. The van der Waals surface area contributed by atoms with Gasteiger partial charge >= 0.3 is 6.03 Å². The lowest BCUT2D eigenvalue weighted by molar-refractivity contribution is -0.138. The molecule has 3 saturated heterocycles. The molecule has 3 heterocycles. The normalized spacial score (nSPS) is 28.0. The van der Waals surface area contributed by atoms with Crippen LogP contribution >= 0.6 is 0 Å². The standard InChI is InChI=1S/C24H27N5O3/c1-16-13-27(18-11-7-4-8-12-18)23-25-21-20(28(23)14-16)22(31)29(24(32)26(21)2)15-19(30)17-9-5-3-6-10-17/h3-12,16,20-21,23,25H,13-15H2,1-2H3. The molecule has 3 aliphatic heterocycles. The summed E-state index contributed by atoms with van der Waals surface area (Å²) in [6.45, 7) is 3.49. The monoisotopic (exact) mass is 433 g/mol. The van der Waals surface area contributed by atoms with Crippen LogP contribution in [0.4, 0.5) is 10.5 Å². The first-order chi connectivity index (χ1) is 15.5. The number of imide groups is 1. The van der Waals surface area contributed by atoms with E-state index in [4.69, 9.17) is 0 Å². The van der Waals surface area contributed by atoms with Crippen LogP contribution in [0.25, 0.3) is 0 Å². The molecule has 1 N–H and O–H groups in total. The van der Waals surface area contributed by atoms with Crippen LogP contribution in [-0.2, 0) is 4.79 Å². The Labute approximate surface area is 187 Å². The van der Waals surface area contributed by atoms with Gasteiger partial charge in [0.2, 0.25) is 0 Å². The predicted octanol–water partition coefficient (Wildman–Crippen LogP) is 1.80. The summed E-state index contributed by atoms with van der Waals surface area (Å²) >= 11 is 0.